The fourth-order valence-corrected chi connectivity index (χ4v) is 3.87. The van der Waals surface area contributed by atoms with Crippen LogP contribution in [0.1, 0.15) is 32.2 Å². The van der Waals surface area contributed by atoms with Crippen molar-refractivity contribution in [3.63, 3.8) is 0 Å². The van der Waals surface area contributed by atoms with Crippen molar-refractivity contribution in [3.8, 4) is 5.75 Å². The van der Waals surface area contributed by atoms with Gasteiger partial charge in [-0.15, -0.1) is 10.2 Å². The maximum absolute atomic E-state index is 12.6. The second-order valence-electron chi connectivity index (χ2n) is 8.40. The molecule has 0 saturated carbocycles. The van der Waals surface area contributed by atoms with Crippen LogP contribution in [0.4, 0.5) is 11.4 Å². The van der Waals surface area contributed by atoms with Gasteiger partial charge in [-0.3, -0.25) is 9.59 Å². The molecule has 10 heteroatoms. The summed E-state index contributed by atoms with van der Waals surface area (Å²) in [6, 6.07) is 22.9. The number of anilines is 2. The summed E-state index contributed by atoms with van der Waals surface area (Å²) in [5, 5.41) is 17.8. The SMILES string of the molecule is Nc1ccccc1NC(=O)c1ccc(OCCNC(=O)c2cc3c(Cc4ccnnn4)cccc3o2)cc1. The third-order valence-corrected chi connectivity index (χ3v) is 5.79. The zero-order valence-electron chi connectivity index (χ0n) is 20.3. The Balaban J connectivity index is 1.12. The molecule has 0 spiro atoms. The van der Waals surface area contributed by atoms with Crippen LogP contribution in [0, 0.1) is 0 Å². The van der Waals surface area contributed by atoms with Crippen molar-refractivity contribution in [2.75, 3.05) is 24.2 Å². The van der Waals surface area contributed by atoms with Crippen LogP contribution in [-0.2, 0) is 6.42 Å². The zero-order valence-corrected chi connectivity index (χ0v) is 20.3. The van der Waals surface area contributed by atoms with E-state index in [-0.39, 0.29) is 30.7 Å². The average molecular weight is 509 g/mol. The van der Waals surface area contributed by atoms with Crippen LogP contribution in [0.3, 0.4) is 0 Å². The lowest BCUT2D eigenvalue weighted by Crippen LogP contribution is -2.27. The highest BCUT2D eigenvalue weighted by atomic mass is 16.5. The number of para-hydroxylation sites is 2. The van der Waals surface area contributed by atoms with Gasteiger partial charge in [0.25, 0.3) is 11.8 Å². The highest BCUT2D eigenvalue weighted by Gasteiger charge is 2.15. The Kier molecular flexibility index (Phi) is 7.21. The van der Waals surface area contributed by atoms with Gasteiger partial charge in [-0.1, -0.05) is 24.3 Å². The summed E-state index contributed by atoms with van der Waals surface area (Å²) < 4.78 is 11.5. The summed E-state index contributed by atoms with van der Waals surface area (Å²) in [7, 11) is 0. The highest BCUT2D eigenvalue weighted by molar-refractivity contribution is 6.05. The topological polar surface area (TPSA) is 145 Å². The van der Waals surface area contributed by atoms with E-state index in [2.05, 4.69) is 26.0 Å². The quantitative estimate of drug-likeness (QED) is 0.201. The minimum absolute atomic E-state index is 0.211. The number of hydrogen-bond donors (Lipinski definition) is 3. The van der Waals surface area contributed by atoms with E-state index in [1.54, 1.807) is 66.9 Å². The van der Waals surface area contributed by atoms with Gasteiger partial charge in [0.2, 0.25) is 0 Å². The lowest BCUT2D eigenvalue weighted by atomic mass is 10.1. The van der Waals surface area contributed by atoms with Crippen LogP contribution in [0.15, 0.2) is 89.5 Å². The molecule has 0 radical (unpaired) electrons. The molecule has 3 aromatic carbocycles. The number of nitrogens with zero attached hydrogens (tertiary/aromatic N) is 3. The molecule has 2 aromatic heterocycles. The first-order chi connectivity index (χ1) is 18.6. The van der Waals surface area contributed by atoms with Crippen LogP contribution >= 0.6 is 0 Å². The van der Waals surface area contributed by atoms with Crippen molar-refractivity contribution in [1.29, 1.82) is 0 Å². The van der Waals surface area contributed by atoms with Gasteiger partial charge in [-0.2, -0.15) is 0 Å². The number of hydrogen-bond acceptors (Lipinski definition) is 8. The van der Waals surface area contributed by atoms with E-state index >= 15 is 0 Å². The van der Waals surface area contributed by atoms with E-state index in [1.807, 2.05) is 18.2 Å². The van der Waals surface area contributed by atoms with Gasteiger partial charge in [0.15, 0.2) is 5.76 Å². The fourth-order valence-electron chi connectivity index (χ4n) is 3.87. The van der Waals surface area contributed by atoms with Gasteiger partial charge in [0.05, 0.1) is 29.8 Å². The summed E-state index contributed by atoms with van der Waals surface area (Å²) in [5.74, 6) is 0.168. The molecule has 0 aliphatic carbocycles. The molecule has 4 N–H and O–H groups in total. The van der Waals surface area contributed by atoms with Gasteiger partial charge >= 0.3 is 0 Å². The number of nitrogens with one attached hydrogen (secondary N) is 2. The first-order valence-corrected chi connectivity index (χ1v) is 11.9. The van der Waals surface area contributed by atoms with E-state index in [1.165, 1.54) is 0 Å². The van der Waals surface area contributed by atoms with Gasteiger partial charge in [0, 0.05) is 17.4 Å². The average Bonchev–Trinajstić information content (AvgIpc) is 3.39. The summed E-state index contributed by atoms with van der Waals surface area (Å²) >= 11 is 0. The number of rotatable bonds is 9. The van der Waals surface area contributed by atoms with E-state index in [4.69, 9.17) is 14.9 Å². The number of carbonyl (C=O) groups excluding carboxylic acids is 2. The van der Waals surface area contributed by atoms with Crippen LogP contribution in [0.25, 0.3) is 11.0 Å². The van der Waals surface area contributed by atoms with Crippen molar-refractivity contribution in [2.24, 2.45) is 0 Å². The number of benzene rings is 3. The van der Waals surface area contributed by atoms with Crippen LogP contribution < -0.4 is 21.1 Å². The number of fused-ring (bicyclic) bond motifs is 1. The second-order valence-corrected chi connectivity index (χ2v) is 8.40. The lowest BCUT2D eigenvalue weighted by Gasteiger charge is -2.09. The largest absolute Gasteiger partial charge is 0.492 e. The summed E-state index contributed by atoms with van der Waals surface area (Å²) in [4.78, 5) is 25.1. The molecule has 5 aromatic rings. The minimum Gasteiger partial charge on any atom is -0.492 e. The second kappa shape index (κ2) is 11.2. The maximum Gasteiger partial charge on any atom is 0.287 e. The van der Waals surface area contributed by atoms with Crippen molar-refractivity contribution < 1.29 is 18.7 Å². The number of furan rings is 1. The van der Waals surface area contributed by atoms with E-state index in [9.17, 15) is 9.59 Å². The number of nitrogens with two attached hydrogens (primary N) is 1. The normalized spacial score (nSPS) is 10.7. The van der Waals surface area contributed by atoms with Crippen LogP contribution in [0.5, 0.6) is 5.75 Å². The Morgan fingerprint density at radius 2 is 1.79 bits per heavy atom. The van der Waals surface area contributed by atoms with E-state index in [0.29, 0.717) is 34.7 Å². The Bertz CT molecular complexity index is 1570. The molecule has 38 heavy (non-hydrogen) atoms. The predicted molar refractivity (Wildman–Crippen MR) is 142 cm³/mol. The molecule has 0 bridgehead atoms. The molecule has 190 valence electrons. The number of nitrogen functional groups attached to an aromatic ring is 1. The number of aromatic nitrogens is 3. The van der Waals surface area contributed by atoms with Crippen LogP contribution in [-0.4, -0.2) is 40.4 Å². The molecule has 0 aliphatic rings. The minimum atomic E-state index is -0.341. The monoisotopic (exact) mass is 508 g/mol. The first kappa shape index (κ1) is 24.4. The Morgan fingerprint density at radius 1 is 0.947 bits per heavy atom. The summed E-state index contributed by atoms with van der Waals surface area (Å²) in [6.45, 7) is 0.509. The Morgan fingerprint density at radius 3 is 2.58 bits per heavy atom. The molecule has 10 nitrogen and oxygen atoms in total. The molecule has 0 saturated heterocycles. The van der Waals surface area contributed by atoms with Crippen molar-refractivity contribution >= 4 is 34.2 Å². The molecular formula is C28H24N6O4. The number of carbonyl (C=O) groups is 2. The Labute approximate surface area is 217 Å². The van der Waals surface area contributed by atoms with Crippen LogP contribution in [0.2, 0.25) is 0 Å². The van der Waals surface area contributed by atoms with E-state index in [0.717, 1.165) is 16.6 Å². The summed E-state index contributed by atoms with van der Waals surface area (Å²) in [6.07, 6.45) is 2.13. The molecule has 0 atom stereocenters. The molecular weight excluding hydrogens is 484 g/mol. The summed E-state index contributed by atoms with van der Waals surface area (Å²) in [5.41, 5.74) is 9.74. The first-order valence-electron chi connectivity index (χ1n) is 11.9. The van der Waals surface area contributed by atoms with Crippen molar-refractivity contribution in [3.05, 3.63) is 108 Å². The molecule has 0 aliphatic heterocycles. The lowest BCUT2D eigenvalue weighted by molar-refractivity contribution is 0.0920. The zero-order chi connectivity index (χ0) is 26.3. The van der Waals surface area contributed by atoms with E-state index < -0.39 is 0 Å². The van der Waals surface area contributed by atoms with Gasteiger partial charge in [-0.25, -0.2) is 0 Å². The predicted octanol–water partition coefficient (Wildman–Crippen LogP) is 3.85. The number of amides is 2. The van der Waals surface area contributed by atoms with Gasteiger partial charge in [-0.05, 0) is 65.4 Å². The van der Waals surface area contributed by atoms with Crippen molar-refractivity contribution in [1.82, 2.24) is 20.7 Å². The molecule has 2 heterocycles. The molecule has 0 unspecified atom stereocenters. The van der Waals surface area contributed by atoms with Gasteiger partial charge in [0.1, 0.15) is 17.9 Å². The smallest absolute Gasteiger partial charge is 0.287 e. The third kappa shape index (κ3) is 5.76. The highest BCUT2D eigenvalue weighted by Crippen LogP contribution is 2.25. The van der Waals surface area contributed by atoms with Crippen molar-refractivity contribution in [2.45, 2.75) is 6.42 Å². The molecule has 2 amide bonds. The molecule has 0 fully saturated rings. The molecule has 5 rings (SSSR count). The Hall–Kier alpha value is -5.25. The maximum atomic E-state index is 12.6. The number of ether oxygens (including phenoxy) is 1. The standard InChI is InChI=1S/C28H24N6O4/c29-23-5-1-2-6-24(23)32-27(35)18-8-10-21(11-9-18)37-15-14-30-28(36)26-17-22-19(4-3-7-25(22)38-26)16-20-12-13-31-34-33-20/h1-13,17H,14-16,29H2,(H,30,36)(H,32,35). The third-order valence-electron chi connectivity index (χ3n) is 5.79. The fraction of sp³-hybridized carbons (Fsp3) is 0.107. The van der Waals surface area contributed by atoms with Gasteiger partial charge < -0.3 is 25.5 Å².